The smallest absolute Gasteiger partial charge is 0.225 e. The molecule has 1 aliphatic rings. The molecule has 98 valence electrons. The van der Waals surface area contributed by atoms with E-state index in [4.69, 9.17) is 11.6 Å². The van der Waals surface area contributed by atoms with E-state index >= 15 is 0 Å². The predicted octanol–water partition coefficient (Wildman–Crippen LogP) is 3.95. The van der Waals surface area contributed by atoms with E-state index in [2.05, 4.69) is 42.5 Å². The summed E-state index contributed by atoms with van der Waals surface area (Å²) in [5.41, 5.74) is 0.718. The van der Waals surface area contributed by atoms with Gasteiger partial charge < -0.3 is 10.6 Å². The molecule has 0 atom stereocenters. The van der Waals surface area contributed by atoms with Crippen LogP contribution in [0.5, 0.6) is 0 Å². The third-order valence-electron chi connectivity index (χ3n) is 2.63. The Balaban J connectivity index is 1.89. The molecule has 3 nitrogen and oxygen atoms in total. The molecule has 1 amide bonds. The highest BCUT2D eigenvalue weighted by molar-refractivity contribution is 9.11. The maximum Gasteiger partial charge on any atom is 0.225 e. The van der Waals surface area contributed by atoms with Crippen molar-refractivity contribution in [2.75, 3.05) is 11.9 Å². The first kappa shape index (κ1) is 14.3. The van der Waals surface area contributed by atoms with E-state index in [9.17, 15) is 4.79 Å². The van der Waals surface area contributed by atoms with Crippen molar-refractivity contribution in [3.63, 3.8) is 0 Å². The highest BCUT2D eigenvalue weighted by Crippen LogP contribution is 2.34. The van der Waals surface area contributed by atoms with E-state index in [1.807, 2.05) is 0 Å². The molecule has 0 unspecified atom stereocenters. The Bertz CT molecular complexity index is 440. The van der Waals surface area contributed by atoms with Crippen molar-refractivity contribution >= 4 is 55.1 Å². The summed E-state index contributed by atoms with van der Waals surface area (Å²) in [6.45, 7) is 0.722. The van der Waals surface area contributed by atoms with Gasteiger partial charge in [-0.1, -0.05) is 11.6 Å². The lowest BCUT2D eigenvalue weighted by molar-refractivity contribution is -0.116. The minimum atomic E-state index is -0.00753. The number of benzene rings is 1. The zero-order chi connectivity index (χ0) is 13.1. The first-order chi connectivity index (χ1) is 8.56. The molecule has 1 aliphatic carbocycles. The molecule has 0 saturated heterocycles. The summed E-state index contributed by atoms with van der Waals surface area (Å²) in [7, 11) is 0. The van der Waals surface area contributed by atoms with Crippen LogP contribution in [0.4, 0.5) is 5.69 Å². The molecule has 2 rings (SSSR count). The molecule has 0 bridgehead atoms. The summed E-state index contributed by atoms with van der Waals surface area (Å²) in [5, 5.41) is 6.79. The zero-order valence-corrected chi connectivity index (χ0v) is 13.5. The van der Waals surface area contributed by atoms with Crippen molar-refractivity contribution in [1.29, 1.82) is 0 Å². The van der Waals surface area contributed by atoms with Gasteiger partial charge in [-0.15, -0.1) is 0 Å². The molecule has 0 heterocycles. The molecule has 0 aromatic heterocycles. The second-order valence-electron chi connectivity index (χ2n) is 4.27. The quantitative estimate of drug-likeness (QED) is 0.791. The minimum Gasteiger partial charge on any atom is -0.324 e. The van der Waals surface area contributed by atoms with Crippen LogP contribution in [0.25, 0.3) is 0 Å². The van der Waals surface area contributed by atoms with Gasteiger partial charge >= 0.3 is 0 Å². The molecular weight excluding hydrogens is 383 g/mol. The fourth-order valence-corrected chi connectivity index (χ4v) is 3.41. The Morgan fingerprint density at radius 1 is 1.33 bits per heavy atom. The van der Waals surface area contributed by atoms with Gasteiger partial charge in [-0.05, 0) is 56.8 Å². The Morgan fingerprint density at radius 3 is 2.50 bits per heavy atom. The van der Waals surface area contributed by atoms with Crippen LogP contribution in [0.3, 0.4) is 0 Å². The topological polar surface area (TPSA) is 41.1 Å². The highest BCUT2D eigenvalue weighted by atomic mass is 79.9. The number of halogens is 3. The van der Waals surface area contributed by atoms with Crippen molar-refractivity contribution in [3.8, 4) is 0 Å². The van der Waals surface area contributed by atoms with Crippen LogP contribution in [0, 0.1) is 0 Å². The molecule has 0 aliphatic heterocycles. The minimum absolute atomic E-state index is 0.00753. The van der Waals surface area contributed by atoms with Gasteiger partial charge in [0.05, 0.1) is 5.69 Å². The molecule has 2 N–H and O–H groups in total. The van der Waals surface area contributed by atoms with Crippen molar-refractivity contribution < 1.29 is 4.79 Å². The first-order valence-corrected chi connectivity index (χ1v) is 7.70. The van der Waals surface area contributed by atoms with Crippen molar-refractivity contribution in [3.05, 3.63) is 26.1 Å². The van der Waals surface area contributed by atoms with Crippen LogP contribution in [0.2, 0.25) is 5.02 Å². The van der Waals surface area contributed by atoms with Crippen LogP contribution in [0.15, 0.2) is 21.1 Å². The second-order valence-corrected chi connectivity index (χ2v) is 6.42. The largest absolute Gasteiger partial charge is 0.324 e. The van der Waals surface area contributed by atoms with Gasteiger partial charge in [0.15, 0.2) is 0 Å². The van der Waals surface area contributed by atoms with Crippen LogP contribution in [0.1, 0.15) is 19.3 Å². The number of hydrogen-bond acceptors (Lipinski definition) is 2. The summed E-state index contributed by atoms with van der Waals surface area (Å²) < 4.78 is 1.54. The number of carbonyl (C=O) groups is 1. The number of nitrogens with one attached hydrogen (secondary N) is 2. The summed E-state index contributed by atoms with van der Waals surface area (Å²) in [4.78, 5) is 11.8. The van der Waals surface area contributed by atoms with E-state index in [0.717, 1.165) is 21.2 Å². The average Bonchev–Trinajstić information content (AvgIpc) is 3.07. The fourth-order valence-electron chi connectivity index (χ4n) is 1.54. The molecule has 0 radical (unpaired) electrons. The molecule has 1 fully saturated rings. The molecule has 0 spiro atoms. The Hall–Kier alpha value is -0.100. The Labute approximate surface area is 128 Å². The van der Waals surface area contributed by atoms with Crippen LogP contribution in [-0.4, -0.2) is 18.5 Å². The molecule has 1 aromatic rings. The lowest BCUT2D eigenvalue weighted by Crippen LogP contribution is -2.23. The molecule has 6 heteroatoms. The first-order valence-electron chi connectivity index (χ1n) is 5.74. The van der Waals surface area contributed by atoms with Gasteiger partial charge in [0.2, 0.25) is 5.91 Å². The van der Waals surface area contributed by atoms with E-state index < -0.39 is 0 Å². The van der Waals surface area contributed by atoms with Gasteiger partial charge in [-0.2, -0.15) is 0 Å². The van der Waals surface area contributed by atoms with Gasteiger partial charge in [0.25, 0.3) is 0 Å². The van der Waals surface area contributed by atoms with E-state index in [0.29, 0.717) is 17.5 Å². The molecular formula is C12H13Br2ClN2O. The second kappa shape index (κ2) is 6.37. The third kappa shape index (κ3) is 4.23. The standard InChI is InChI=1S/C12H13Br2ClN2O/c13-9-5-7(15)6-10(14)12(9)17-11(18)3-4-16-8-1-2-8/h5-6,8,16H,1-4H2,(H,17,18). The van der Waals surface area contributed by atoms with Gasteiger partial charge in [-0.3, -0.25) is 4.79 Å². The monoisotopic (exact) mass is 394 g/mol. The van der Waals surface area contributed by atoms with Crippen molar-refractivity contribution in [2.24, 2.45) is 0 Å². The SMILES string of the molecule is O=C(CCNC1CC1)Nc1c(Br)cc(Cl)cc1Br. The molecule has 18 heavy (non-hydrogen) atoms. The lowest BCUT2D eigenvalue weighted by Gasteiger charge is -2.10. The van der Waals surface area contributed by atoms with Gasteiger partial charge in [-0.25, -0.2) is 0 Å². The van der Waals surface area contributed by atoms with Crippen molar-refractivity contribution in [2.45, 2.75) is 25.3 Å². The van der Waals surface area contributed by atoms with Crippen LogP contribution < -0.4 is 10.6 Å². The van der Waals surface area contributed by atoms with Crippen LogP contribution >= 0.6 is 43.5 Å². The van der Waals surface area contributed by atoms with Gasteiger partial charge in [0.1, 0.15) is 0 Å². The third-order valence-corrected chi connectivity index (χ3v) is 4.10. The number of rotatable bonds is 5. The molecule has 1 saturated carbocycles. The summed E-state index contributed by atoms with van der Waals surface area (Å²) >= 11 is 12.7. The normalized spacial score (nSPS) is 14.6. The van der Waals surface area contributed by atoms with E-state index in [1.54, 1.807) is 12.1 Å². The average molecular weight is 397 g/mol. The fraction of sp³-hybridized carbons (Fsp3) is 0.417. The van der Waals surface area contributed by atoms with Crippen molar-refractivity contribution in [1.82, 2.24) is 5.32 Å². The maximum atomic E-state index is 11.8. The van der Waals surface area contributed by atoms with E-state index in [-0.39, 0.29) is 5.91 Å². The van der Waals surface area contributed by atoms with Gasteiger partial charge in [0, 0.05) is 33.0 Å². The van der Waals surface area contributed by atoms with E-state index in [1.165, 1.54) is 12.8 Å². The summed E-state index contributed by atoms with van der Waals surface area (Å²) in [5.74, 6) is -0.00753. The Morgan fingerprint density at radius 2 is 1.94 bits per heavy atom. The summed E-state index contributed by atoms with van der Waals surface area (Å²) in [6, 6.07) is 4.14. The number of anilines is 1. The zero-order valence-electron chi connectivity index (χ0n) is 9.60. The van der Waals surface area contributed by atoms with Crippen LogP contribution in [-0.2, 0) is 4.79 Å². The summed E-state index contributed by atoms with van der Waals surface area (Å²) in [6.07, 6.45) is 2.93. The lowest BCUT2D eigenvalue weighted by atomic mass is 10.3. The highest BCUT2D eigenvalue weighted by Gasteiger charge is 2.20. The maximum absolute atomic E-state index is 11.8. The number of hydrogen-bond donors (Lipinski definition) is 2. The Kier molecular flexibility index (Phi) is 5.06. The predicted molar refractivity (Wildman–Crippen MR) is 81.1 cm³/mol. The molecule has 1 aromatic carbocycles. The number of carbonyl (C=O) groups excluding carboxylic acids is 1. The number of amides is 1.